The number of para-hydroxylation sites is 4. The Kier molecular flexibility index (Phi) is 8.67. The number of fused-ring (bicyclic) bond motifs is 7. The van der Waals surface area contributed by atoms with E-state index in [0.29, 0.717) is 0 Å². The zero-order valence-corrected chi connectivity index (χ0v) is 34.5. The summed E-state index contributed by atoms with van der Waals surface area (Å²) in [6.07, 6.45) is 4.23. The number of aryl methyl sites for hydroxylation is 2. The van der Waals surface area contributed by atoms with Crippen LogP contribution in [0.4, 0.5) is 34.1 Å². The van der Waals surface area contributed by atoms with Crippen molar-refractivity contribution in [3.8, 4) is 16.8 Å². The van der Waals surface area contributed by atoms with Gasteiger partial charge in [0.2, 0.25) is 0 Å². The van der Waals surface area contributed by atoms with E-state index < -0.39 is 0 Å². The summed E-state index contributed by atoms with van der Waals surface area (Å²) < 4.78 is 2.43. The zero-order valence-electron chi connectivity index (χ0n) is 34.5. The van der Waals surface area contributed by atoms with Gasteiger partial charge in [-0.1, -0.05) is 146 Å². The van der Waals surface area contributed by atoms with Crippen LogP contribution in [0.2, 0.25) is 0 Å². The van der Waals surface area contributed by atoms with Gasteiger partial charge in [-0.15, -0.1) is 0 Å². The minimum absolute atomic E-state index is 0.176. The smallest absolute Gasteiger partial charge is 0.0561 e. The van der Waals surface area contributed by atoms with E-state index >= 15 is 0 Å². The average molecular weight is 796 g/mol. The Morgan fingerprint density at radius 2 is 0.823 bits per heavy atom. The molecule has 0 bridgehead atoms. The van der Waals surface area contributed by atoms with Crippen molar-refractivity contribution in [2.45, 2.75) is 31.1 Å². The van der Waals surface area contributed by atoms with Crippen LogP contribution in [0.1, 0.15) is 35.1 Å². The molecule has 10 aromatic rings. The molecule has 0 N–H and O–H groups in total. The molecule has 1 atom stereocenters. The molecule has 2 aliphatic carbocycles. The highest BCUT2D eigenvalue weighted by Crippen LogP contribution is 2.60. The molecule has 0 aliphatic heterocycles. The van der Waals surface area contributed by atoms with Gasteiger partial charge in [0.05, 0.1) is 22.4 Å². The summed E-state index contributed by atoms with van der Waals surface area (Å²) >= 11 is 0. The first kappa shape index (κ1) is 36.2. The van der Waals surface area contributed by atoms with E-state index in [0.717, 1.165) is 42.7 Å². The van der Waals surface area contributed by atoms with Crippen LogP contribution in [0, 0.1) is 0 Å². The third-order valence-electron chi connectivity index (χ3n) is 13.5. The fraction of sp³-hybridized carbons (Fsp3) is 0.0847. The molecule has 62 heavy (non-hydrogen) atoms. The number of benzene rings is 9. The minimum Gasteiger partial charge on any atom is -0.310 e. The fourth-order valence-corrected chi connectivity index (χ4v) is 10.9. The van der Waals surface area contributed by atoms with Crippen LogP contribution < -0.4 is 9.80 Å². The van der Waals surface area contributed by atoms with E-state index in [1.165, 1.54) is 77.9 Å². The molecule has 3 nitrogen and oxygen atoms in total. The van der Waals surface area contributed by atoms with Gasteiger partial charge in [0.1, 0.15) is 0 Å². The summed E-state index contributed by atoms with van der Waals surface area (Å²) in [4.78, 5) is 5.04. The molecule has 2 aliphatic rings. The topological polar surface area (TPSA) is 11.4 Å². The van der Waals surface area contributed by atoms with E-state index in [2.05, 4.69) is 239 Å². The van der Waals surface area contributed by atoms with Gasteiger partial charge >= 0.3 is 0 Å². The lowest BCUT2D eigenvalue weighted by molar-refractivity contribution is 0.508. The van der Waals surface area contributed by atoms with E-state index in [-0.39, 0.29) is 5.41 Å². The second kappa shape index (κ2) is 14.8. The highest BCUT2D eigenvalue weighted by Gasteiger charge is 2.49. The van der Waals surface area contributed by atoms with Gasteiger partial charge in [-0.2, -0.15) is 0 Å². The molecule has 1 spiro atoms. The van der Waals surface area contributed by atoms with Crippen LogP contribution in [-0.2, 0) is 18.3 Å². The highest BCUT2D eigenvalue weighted by molar-refractivity contribution is 6.10. The minimum atomic E-state index is -0.176. The number of hydrogen-bond donors (Lipinski definition) is 0. The quantitative estimate of drug-likeness (QED) is 0.152. The second-order valence-electron chi connectivity index (χ2n) is 16.8. The predicted octanol–water partition coefficient (Wildman–Crippen LogP) is 15.6. The standard InChI is InChI=1S/C59H45N3/c1-5-17-42(18-6-1)43-31-33-49(34-32-43)61(50-35-36-52-51-27-13-14-28-53(51)62(56(52)41-50)48-25-11-4-12-26-48)55-30-16-20-45-38-40-59(58(45)55)39-37-44-19-15-29-54(57(44)59)60(46-21-7-2-8-22-46)47-23-9-3-10-24-47/h1-36,41H,37-40H2/t59-/m1/s1. The lowest BCUT2D eigenvalue weighted by Gasteiger charge is -2.37. The largest absolute Gasteiger partial charge is 0.310 e. The second-order valence-corrected chi connectivity index (χ2v) is 16.8. The van der Waals surface area contributed by atoms with Crippen LogP contribution in [0.3, 0.4) is 0 Å². The highest BCUT2D eigenvalue weighted by atomic mass is 15.2. The molecule has 0 saturated carbocycles. The molecule has 0 saturated heterocycles. The van der Waals surface area contributed by atoms with Crippen LogP contribution in [0.25, 0.3) is 38.6 Å². The fourth-order valence-electron chi connectivity index (χ4n) is 10.9. The Hall–Kier alpha value is -7.62. The normalized spacial score (nSPS) is 15.2. The molecular weight excluding hydrogens is 751 g/mol. The summed E-state index contributed by atoms with van der Waals surface area (Å²) in [6.45, 7) is 0. The molecule has 296 valence electrons. The van der Waals surface area contributed by atoms with Crippen molar-refractivity contribution in [1.82, 2.24) is 4.57 Å². The SMILES string of the molecule is c1ccc(-c2ccc(N(c3ccc4c5ccccc5n(-c5ccccc5)c4c3)c3cccc4c3[C@]3(CCc5cccc(N(c6ccccc6)c6ccccc6)c53)CC4)cc2)cc1. The maximum atomic E-state index is 2.56. The molecule has 0 radical (unpaired) electrons. The zero-order chi connectivity index (χ0) is 41.0. The first-order valence-electron chi connectivity index (χ1n) is 21.9. The molecule has 1 heterocycles. The van der Waals surface area contributed by atoms with Gasteiger partial charge in [0.25, 0.3) is 0 Å². The van der Waals surface area contributed by atoms with Gasteiger partial charge in [0.15, 0.2) is 0 Å². The summed E-state index contributed by atoms with van der Waals surface area (Å²) in [5.41, 5.74) is 18.8. The van der Waals surface area contributed by atoms with E-state index in [1.807, 2.05) is 0 Å². The molecular formula is C59H45N3. The van der Waals surface area contributed by atoms with Crippen molar-refractivity contribution in [3.63, 3.8) is 0 Å². The number of nitrogens with zero attached hydrogens (tertiary/aromatic N) is 3. The van der Waals surface area contributed by atoms with Crippen molar-refractivity contribution in [1.29, 1.82) is 0 Å². The average Bonchev–Trinajstić information content (AvgIpc) is 4.03. The lowest BCUT2D eigenvalue weighted by Crippen LogP contribution is -2.27. The Balaban J connectivity index is 1.09. The maximum Gasteiger partial charge on any atom is 0.0561 e. The van der Waals surface area contributed by atoms with Crippen molar-refractivity contribution in [2.24, 2.45) is 0 Å². The third kappa shape index (κ3) is 5.80. The lowest BCUT2D eigenvalue weighted by atomic mass is 9.74. The van der Waals surface area contributed by atoms with E-state index in [9.17, 15) is 0 Å². The van der Waals surface area contributed by atoms with Crippen molar-refractivity contribution >= 4 is 55.9 Å². The summed E-state index contributed by atoms with van der Waals surface area (Å²) in [5.74, 6) is 0. The van der Waals surface area contributed by atoms with Crippen LogP contribution in [-0.4, -0.2) is 4.57 Å². The van der Waals surface area contributed by atoms with Gasteiger partial charge < -0.3 is 14.4 Å². The first-order valence-corrected chi connectivity index (χ1v) is 21.9. The van der Waals surface area contributed by atoms with Gasteiger partial charge in [-0.3, -0.25) is 0 Å². The number of aromatic nitrogens is 1. The van der Waals surface area contributed by atoms with Gasteiger partial charge in [0, 0.05) is 44.6 Å². The molecule has 0 amide bonds. The van der Waals surface area contributed by atoms with Crippen LogP contribution in [0.5, 0.6) is 0 Å². The summed E-state index contributed by atoms with van der Waals surface area (Å²) in [5, 5.41) is 2.51. The Labute approximate surface area is 363 Å². The maximum absolute atomic E-state index is 2.56. The van der Waals surface area contributed by atoms with Gasteiger partial charge in [-0.05, 0) is 138 Å². The molecule has 9 aromatic carbocycles. The summed E-state index contributed by atoms with van der Waals surface area (Å²) in [7, 11) is 0. The molecule has 0 fully saturated rings. The Morgan fingerprint density at radius 3 is 1.44 bits per heavy atom. The van der Waals surface area contributed by atoms with Crippen LogP contribution >= 0.6 is 0 Å². The van der Waals surface area contributed by atoms with Gasteiger partial charge in [-0.25, -0.2) is 0 Å². The number of rotatable bonds is 8. The first-order chi connectivity index (χ1) is 30.7. The van der Waals surface area contributed by atoms with E-state index in [1.54, 1.807) is 0 Å². The number of anilines is 6. The molecule has 0 unspecified atom stereocenters. The molecule has 1 aromatic heterocycles. The summed E-state index contributed by atoms with van der Waals surface area (Å²) in [6, 6.07) is 82.6. The molecule has 12 rings (SSSR count). The van der Waals surface area contributed by atoms with Crippen LogP contribution in [0.15, 0.2) is 224 Å². The Morgan fingerprint density at radius 1 is 0.355 bits per heavy atom. The molecule has 3 heteroatoms. The predicted molar refractivity (Wildman–Crippen MR) is 259 cm³/mol. The van der Waals surface area contributed by atoms with Crippen molar-refractivity contribution in [2.75, 3.05) is 9.80 Å². The van der Waals surface area contributed by atoms with Crippen molar-refractivity contribution < 1.29 is 0 Å². The third-order valence-corrected chi connectivity index (χ3v) is 13.5. The number of hydrogen-bond acceptors (Lipinski definition) is 2. The van der Waals surface area contributed by atoms with Crippen molar-refractivity contribution in [3.05, 3.63) is 247 Å². The van der Waals surface area contributed by atoms with E-state index in [4.69, 9.17) is 0 Å². The monoisotopic (exact) mass is 795 g/mol. The Bertz CT molecular complexity index is 3180.